The Labute approximate surface area is 180 Å². The molecule has 4 rings (SSSR count). The number of aromatic nitrogens is 1. The van der Waals surface area contributed by atoms with Gasteiger partial charge in [0.05, 0.1) is 0 Å². The van der Waals surface area contributed by atoms with Crippen LogP contribution >= 0.6 is 18.6 Å². The van der Waals surface area contributed by atoms with Gasteiger partial charge in [-0.15, -0.1) is 18.6 Å². The summed E-state index contributed by atoms with van der Waals surface area (Å²) in [6.45, 7) is 10.9. The monoisotopic (exact) mass is 433 g/mol. The number of benzene rings is 1. The van der Waals surface area contributed by atoms with Gasteiger partial charge in [0.1, 0.15) is 0 Å². The predicted molar refractivity (Wildman–Crippen MR) is 113 cm³/mol. The minimum absolute atomic E-state index is 0.189. The first-order valence-corrected chi connectivity index (χ1v) is 13.2. The van der Waals surface area contributed by atoms with Gasteiger partial charge >= 0.3 is 35.6 Å². The molecule has 0 saturated heterocycles. The summed E-state index contributed by atoms with van der Waals surface area (Å²) in [7, 11) is 9.78. The van der Waals surface area contributed by atoms with Crippen molar-refractivity contribution in [2.75, 3.05) is 0 Å². The normalized spacial score (nSPS) is 18.8. The van der Waals surface area contributed by atoms with Crippen molar-refractivity contribution in [3.63, 3.8) is 0 Å². The summed E-state index contributed by atoms with van der Waals surface area (Å²) in [5.74, 6) is 0. The van der Waals surface area contributed by atoms with Crippen molar-refractivity contribution in [2.45, 2.75) is 40.7 Å². The molecule has 0 spiro atoms. The third kappa shape index (κ3) is 5.51. The average molecular weight is 434 g/mol. The van der Waals surface area contributed by atoms with Crippen molar-refractivity contribution in [1.82, 2.24) is 4.57 Å². The summed E-state index contributed by atoms with van der Waals surface area (Å²) in [4.78, 5) is 0. The fourth-order valence-corrected chi connectivity index (χ4v) is 3.32. The summed E-state index contributed by atoms with van der Waals surface area (Å²) in [6.07, 6.45) is 13.0. The Kier molecular flexibility index (Phi) is 8.25. The number of fused-ring (bicyclic) bond motifs is 1. The Morgan fingerprint density at radius 1 is 1.00 bits per heavy atom. The van der Waals surface area contributed by atoms with Crippen molar-refractivity contribution in [2.24, 2.45) is 5.41 Å². The number of nitrogens with zero attached hydrogens (tertiary/aromatic N) is 1. The molecule has 1 aromatic heterocycles. The molecule has 0 bridgehead atoms. The van der Waals surface area contributed by atoms with Gasteiger partial charge in [-0.05, 0) is 18.2 Å². The van der Waals surface area contributed by atoms with Crippen LogP contribution in [-0.2, 0) is 17.0 Å². The molecule has 142 valence electrons. The standard InChI is InChI=1S/C13H10N.C10H15.2ClH.Ti/c1-2-6-12-11(5-1)7-8-13(12)14-9-3-4-10-14;1-7-6-10(4,5)9(3)8(7)2;;;/h1-7,9-10,13H;1-5H3;2*1H;/q2*-1;;;+2/p-2. The van der Waals surface area contributed by atoms with Crippen molar-refractivity contribution >= 4 is 24.7 Å². The molecule has 2 aliphatic rings. The first-order chi connectivity index (χ1) is 12.8. The molecule has 0 fully saturated rings. The maximum atomic E-state index is 4.89. The molecule has 0 amide bonds. The number of allylic oxidation sites excluding steroid dienone is 5. The molecule has 1 nitrogen and oxygen atoms in total. The zero-order chi connectivity index (χ0) is 20.0. The Bertz CT molecular complexity index is 845. The Morgan fingerprint density at radius 2 is 1.59 bits per heavy atom. The van der Waals surface area contributed by atoms with E-state index < -0.39 is 17.0 Å². The van der Waals surface area contributed by atoms with E-state index in [0.717, 1.165) is 0 Å². The quantitative estimate of drug-likeness (QED) is 0.326. The van der Waals surface area contributed by atoms with Gasteiger partial charge in [0.25, 0.3) is 0 Å². The van der Waals surface area contributed by atoms with Gasteiger partial charge in [-0.3, -0.25) is 6.08 Å². The summed E-state index contributed by atoms with van der Waals surface area (Å²) < 4.78 is 2.17. The van der Waals surface area contributed by atoms with Crippen LogP contribution < -0.4 is 0 Å². The number of hydrogen-bond donors (Lipinski definition) is 0. The fourth-order valence-electron chi connectivity index (χ4n) is 3.32. The Balaban J connectivity index is 0.000000178. The predicted octanol–water partition coefficient (Wildman–Crippen LogP) is 7.40. The fraction of sp³-hybridized carbons (Fsp3) is 0.304. The summed E-state index contributed by atoms with van der Waals surface area (Å²) >= 11 is -0.556. The second-order valence-electron chi connectivity index (χ2n) is 7.17. The van der Waals surface area contributed by atoms with Gasteiger partial charge in [-0.1, -0.05) is 51.3 Å². The van der Waals surface area contributed by atoms with E-state index in [2.05, 4.69) is 94.1 Å². The van der Waals surface area contributed by atoms with E-state index in [9.17, 15) is 0 Å². The third-order valence-corrected chi connectivity index (χ3v) is 5.18. The molecule has 2 aromatic rings. The van der Waals surface area contributed by atoms with Crippen LogP contribution in [0.15, 0.2) is 65.5 Å². The topological polar surface area (TPSA) is 4.93 Å². The van der Waals surface area contributed by atoms with E-state index in [1.807, 2.05) is 12.1 Å². The van der Waals surface area contributed by atoms with Gasteiger partial charge in [-0.2, -0.15) is 16.7 Å². The molecule has 27 heavy (non-hydrogen) atoms. The number of hydrogen-bond acceptors (Lipinski definition) is 0. The zero-order valence-corrected chi connectivity index (χ0v) is 19.6. The maximum absolute atomic E-state index is 4.89. The van der Waals surface area contributed by atoms with E-state index in [4.69, 9.17) is 18.6 Å². The third-order valence-electron chi connectivity index (χ3n) is 5.18. The molecule has 1 unspecified atom stereocenters. The molecule has 1 atom stereocenters. The van der Waals surface area contributed by atoms with E-state index >= 15 is 0 Å². The molecule has 4 heteroatoms. The van der Waals surface area contributed by atoms with Crippen LogP contribution in [-0.4, -0.2) is 4.57 Å². The van der Waals surface area contributed by atoms with Gasteiger partial charge < -0.3 is 4.57 Å². The Hall–Kier alpha value is -0.986. The molecule has 1 heterocycles. The van der Waals surface area contributed by atoms with E-state index in [1.54, 1.807) is 0 Å². The van der Waals surface area contributed by atoms with Crippen LogP contribution in [0.5, 0.6) is 0 Å². The molecule has 2 aliphatic carbocycles. The zero-order valence-electron chi connectivity index (χ0n) is 16.5. The molecule has 1 aromatic carbocycles. The second-order valence-corrected chi connectivity index (χ2v) is 9.75. The molecule has 0 radical (unpaired) electrons. The van der Waals surface area contributed by atoms with Gasteiger partial charge in [-0.25, -0.2) is 17.7 Å². The van der Waals surface area contributed by atoms with Crippen LogP contribution in [0, 0.1) is 17.6 Å². The van der Waals surface area contributed by atoms with Crippen LogP contribution in [0.2, 0.25) is 0 Å². The van der Waals surface area contributed by atoms with E-state index in [-0.39, 0.29) is 11.5 Å². The van der Waals surface area contributed by atoms with Crippen molar-refractivity contribution in [3.05, 3.63) is 88.8 Å². The van der Waals surface area contributed by atoms with E-state index in [1.165, 1.54) is 27.8 Å². The molecule has 0 aliphatic heterocycles. The minimum atomic E-state index is -0.556. The molecule has 0 saturated carbocycles. The number of rotatable bonds is 1. The average Bonchev–Trinajstić information content (AvgIpc) is 3.33. The molecular weight excluding hydrogens is 409 g/mol. The van der Waals surface area contributed by atoms with Crippen LogP contribution in [0.1, 0.15) is 51.8 Å². The first-order valence-electron chi connectivity index (χ1n) is 8.88. The Morgan fingerprint density at radius 3 is 2.07 bits per heavy atom. The van der Waals surface area contributed by atoms with Crippen molar-refractivity contribution in [3.8, 4) is 0 Å². The van der Waals surface area contributed by atoms with E-state index in [0.29, 0.717) is 0 Å². The second kappa shape index (κ2) is 9.98. The van der Waals surface area contributed by atoms with Gasteiger partial charge in [0.15, 0.2) is 0 Å². The summed E-state index contributed by atoms with van der Waals surface area (Å²) in [5.41, 5.74) is 7.01. The summed E-state index contributed by atoms with van der Waals surface area (Å²) in [5, 5.41) is 0. The summed E-state index contributed by atoms with van der Waals surface area (Å²) in [6, 6.07) is 12.8. The SMILES string of the molecule is CC1=[C-]C(C)(C)C(C)=C1C.[C-]1=Cc2ccccc2C1n1cccc1.[Cl][Ti][Cl]. The first kappa shape index (κ1) is 22.3. The van der Waals surface area contributed by atoms with Gasteiger partial charge in [0, 0.05) is 12.4 Å². The molecule has 0 N–H and O–H groups in total. The number of halogens is 2. The van der Waals surface area contributed by atoms with Crippen molar-refractivity contribution in [1.29, 1.82) is 0 Å². The van der Waals surface area contributed by atoms with Gasteiger partial charge in [0.2, 0.25) is 0 Å². The van der Waals surface area contributed by atoms with Crippen molar-refractivity contribution < 1.29 is 17.0 Å². The molecular formula is C23H25Cl2NTi-2. The van der Waals surface area contributed by atoms with Crippen LogP contribution in [0.4, 0.5) is 0 Å². The van der Waals surface area contributed by atoms with Crippen LogP contribution in [0.3, 0.4) is 0 Å². The van der Waals surface area contributed by atoms with Crippen LogP contribution in [0.25, 0.3) is 6.08 Å².